The minimum atomic E-state index is 0.0522. The first-order valence-electron chi connectivity index (χ1n) is 6.66. The lowest BCUT2D eigenvalue weighted by Gasteiger charge is -2.35. The smallest absolute Gasteiger partial charge is 0.274 e. The molecule has 1 aromatic heterocycles. The Morgan fingerprint density at radius 2 is 2.06 bits per heavy atom. The minimum absolute atomic E-state index is 0.0522. The van der Waals surface area contributed by atoms with Gasteiger partial charge >= 0.3 is 0 Å². The van der Waals surface area contributed by atoms with Crippen LogP contribution in [0.25, 0.3) is 0 Å². The third-order valence-electron chi connectivity index (χ3n) is 3.72. The third-order valence-corrected chi connectivity index (χ3v) is 3.72. The standard InChI is InChI=1S/C13H19N3O2/c1-8-6-16(7-9(2)18-8)13(17)12-10-4-3-5-11(10)14-15-12/h8-9H,3-7H2,1-2H3,(H,14,15)/t8-,9+. The largest absolute Gasteiger partial charge is 0.372 e. The van der Waals surface area contributed by atoms with E-state index in [-0.39, 0.29) is 18.1 Å². The number of nitrogens with one attached hydrogen (secondary N) is 1. The molecule has 0 radical (unpaired) electrons. The van der Waals surface area contributed by atoms with E-state index in [9.17, 15) is 4.79 Å². The quantitative estimate of drug-likeness (QED) is 0.812. The fourth-order valence-electron chi connectivity index (χ4n) is 2.99. The SMILES string of the molecule is C[C@@H]1CN(C(=O)c2n[nH]c3c2CCC3)C[C@H](C)O1. The van der Waals surface area contributed by atoms with Gasteiger partial charge < -0.3 is 9.64 Å². The maximum atomic E-state index is 12.5. The maximum absolute atomic E-state index is 12.5. The molecule has 0 bridgehead atoms. The topological polar surface area (TPSA) is 58.2 Å². The summed E-state index contributed by atoms with van der Waals surface area (Å²) in [5, 5.41) is 7.21. The van der Waals surface area contributed by atoms with Crippen LogP contribution in [0.4, 0.5) is 0 Å². The molecule has 0 saturated carbocycles. The molecule has 1 aliphatic heterocycles. The number of nitrogens with zero attached hydrogens (tertiary/aromatic N) is 2. The van der Waals surface area contributed by atoms with E-state index >= 15 is 0 Å². The number of hydrogen-bond donors (Lipinski definition) is 1. The number of fused-ring (bicyclic) bond motifs is 1. The second-order valence-electron chi connectivity index (χ2n) is 5.35. The van der Waals surface area contributed by atoms with Crippen molar-refractivity contribution in [3.8, 4) is 0 Å². The highest BCUT2D eigenvalue weighted by Crippen LogP contribution is 2.24. The van der Waals surface area contributed by atoms with Crippen LogP contribution >= 0.6 is 0 Å². The molecule has 2 heterocycles. The minimum Gasteiger partial charge on any atom is -0.372 e. The molecule has 98 valence electrons. The Morgan fingerprint density at radius 1 is 1.33 bits per heavy atom. The van der Waals surface area contributed by atoms with Crippen molar-refractivity contribution in [2.75, 3.05) is 13.1 Å². The molecule has 2 aliphatic rings. The summed E-state index contributed by atoms with van der Waals surface area (Å²) in [5.74, 6) is 0.0522. The zero-order chi connectivity index (χ0) is 12.7. The molecule has 5 nitrogen and oxygen atoms in total. The average molecular weight is 249 g/mol. The Bertz CT molecular complexity index is 459. The van der Waals surface area contributed by atoms with Crippen LogP contribution in [0.3, 0.4) is 0 Å². The second kappa shape index (κ2) is 4.39. The zero-order valence-corrected chi connectivity index (χ0v) is 10.9. The molecular formula is C13H19N3O2. The van der Waals surface area contributed by atoms with Crippen LogP contribution in [0, 0.1) is 0 Å². The van der Waals surface area contributed by atoms with Gasteiger partial charge in [0.15, 0.2) is 5.69 Å². The highest BCUT2D eigenvalue weighted by Gasteiger charge is 2.31. The van der Waals surface area contributed by atoms with Gasteiger partial charge in [-0.15, -0.1) is 0 Å². The molecular weight excluding hydrogens is 230 g/mol. The molecule has 0 spiro atoms. The van der Waals surface area contributed by atoms with Gasteiger partial charge in [0.05, 0.1) is 12.2 Å². The molecule has 0 aromatic carbocycles. The van der Waals surface area contributed by atoms with Crippen molar-refractivity contribution in [1.29, 1.82) is 0 Å². The molecule has 1 N–H and O–H groups in total. The van der Waals surface area contributed by atoms with Crippen LogP contribution in [-0.4, -0.2) is 46.3 Å². The molecule has 1 aliphatic carbocycles. The first kappa shape index (κ1) is 11.7. The Balaban J connectivity index is 1.81. The van der Waals surface area contributed by atoms with E-state index in [1.165, 1.54) is 0 Å². The fraction of sp³-hybridized carbons (Fsp3) is 0.692. The summed E-state index contributed by atoms with van der Waals surface area (Å²) in [7, 11) is 0. The summed E-state index contributed by atoms with van der Waals surface area (Å²) < 4.78 is 5.65. The van der Waals surface area contributed by atoms with Gasteiger partial charge in [-0.1, -0.05) is 0 Å². The number of morpholine rings is 1. The van der Waals surface area contributed by atoms with Crippen molar-refractivity contribution in [3.05, 3.63) is 17.0 Å². The summed E-state index contributed by atoms with van der Waals surface area (Å²) in [4.78, 5) is 14.4. The zero-order valence-electron chi connectivity index (χ0n) is 10.9. The average Bonchev–Trinajstić information content (AvgIpc) is 2.88. The fourth-order valence-corrected chi connectivity index (χ4v) is 2.99. The van der Waals surface area contributed by atoms with E-state index < -0.39 is 0 Å². The Morgan fingerprint density at radius 3 is 2.78 bits per heavy atom. The van der Waals surface area contributed by atoms with E-state index in [4.69, 9.17) is 4.74 Å². The second-order valence-corrected chi connectivity index (χ2v) is 5.35. The molecule has 18 heavy (non-hydrogen) atoms. The van der Waals surface area contributed by atoms with Gasteiger partial charge in [0, 0.05) is 24.3 Å². The van der Waals surface area contributed by atoms with Crippen LogP contribution in [0.1, 0.15) is 42.0 Å². The lowest BCUT2D eigenvalue weighted by atomic mass is 10.1. The van der Waals surface area contributed by atoms with Gasteiger partial charge in [-0.2, -0.15) is 5.10 Å². The lowest BCUT2D eigenvalue weighted by molar-refractivity contribution is -0.0587. The molecule has 1 saturated heterocycles. The first-order chi connectivity index (χ1) is 8.65. The van der Waals surface area contributed by atoms with Gasteiger partial charge in [-0.25, -0.2) is 0 Å². The number of aromatic amines is 1. The Kier molecular flexibility index (Phi) is 2.86. The highest BCUT2D eigenvalue weighted by molar-refractivity contribution is 5.94. The molecule has 2 atom stereocenters. The molecule has 3 rings (SSSR count). The molecule has 1 aromatic rings. The number of amides is 1. The number of aryl methyl sites for hydroxylation is 1. The number of hydrogen-bond acceptors (Lipinski definition) is 3. The van der Waals surface area contributed by atoms with Gasteiger partial charge in [0.1, 0.15) is 0 Å². The van der Waals surface area contributed by atoms with Gasteiger partial charge in [0.2, 0.25) is 0 Å². The van der Waals surface area contributed by atoms with Crippen LogP contribution in [-0.2, 0) is 17.6 Å². The summed E-state index contributed by atoms with van der Waals surface area (Å²) in [5.41, 5.74) is 2.91. The number of H-pyrrole nitrogens is 1. The predicted octanol–water partition coefficient (Wildman–Crippen LogP) is 1.15. The molecule has 1 fully saturated rings. The Hall–Kier alpha value is -1.36. The Labute approximate surface area is 107 Å². The van der Waals surface area contributed by atoms with Crippen molar-refractivity contribution in [2.45, 2.75) is 45.3 Å². The number of rotatable bonds is 1. The monoisotopic (exact) mass is 249 g/mol. The maximum Gasteiger partial charge on any atom is 0.274 e. The van der Waals surface area contributed by atoms with E-state index in [1.54, 1.807) is 0 Å². The van der Waals surface area contributed by atoms with E-state index in [0.717, 1.165) is 30.5 Å². The van der Waals surface area contributed by atoms with Crippen LogP contribution in [0.2, 0.25) is 0 Å². The van der Waals surface area contributed by atoms with Crippen LogP contribution in [0.15, 0.2) is 0 Å². The molecule has 5 heteroatoms. The van der Waals surface area contributed by atoms with E-state index in [2.05, 4.69) is 10.2 Å². The van der Waals surface area contributed by atoms with Gasteiger partial charge in [-0.3, -0.25) is 9.89 Å². The number of carbonyl (C=O) groups excluding carboxylic acids is 1. The van der Waals surface area contributed by atoms with Crippen molar-refractivity contribution >= 4 is 5.91 Å². The van der Waals surface area contributed by atoms with E-state index in [1.807, 2.05) is 18.7 Å². The number of carbonyl (C=O) groups is 1. The molecule has 1 amide bonds. The highest BCUT2D eigenvalue weighted by atomic mass is 16.5. The summed E-state index contributed by atoms with van der Waals surface area (Å²) in [6, 6.07) is 0. The van der Waals surface area contributed by atoms with Crippen molar-refractivity contribution in [2.24, 2.45) is 0 Å². The van der Waals surface area contributed by atoms with Crippen molar-refractivity contribution < 1.29 is 9.53 Å². The number of ether oxygens (including phenoxy) is 1. The van der Waals surface area contributed by atoms with Crippen molar-refractivity contribution in [1.82, 2.24) is 15.1 Å². The first-order valence-corrected chi connectivity index (χ1v) is 6.66. The van der Waals surface area contributed by atoms with E-state index in [0.29, 0.717) is 18.8 Å². The van der Waals surface area contributed by atoms with Crippen LogP contribution in [0.5, 0.6) is 0 Å². The number of aromatic nitrogens is 2. The summed E-state index contributed by atoms with van der Waals surface area (Å²) in [6.45, 7) is 5.32. The van der Waals surface area contributed by atoms with Crippen LogP contribution < -0.4 is 0 Å². The third kappa shape index (κ3) is 1.92. The lowest BCUT2D eigenvalue weighted by Crippen LogP contribution is -2.48. The normalized spacial score (nSPS) is 27.3. The van der Waals surface area contributed by atoms with Gasteiger partial charge in [-0.05, 0) is 33.1 Å². The predicted molar refractivity (Wildman–Crippen MR) is 66.5 cm³/mol. The summed E-state index contributed by atoms with van der Waals surface area (Å²) in [6.07, 6.45) is 3.32. The summed E-state index contributed by atoms with van der Waals surface area (Å²) >= 11 is 0. The van der Waals surface area contributed by atoms with Gasteiger partial charge in [0.25, 0.3) is 5.91 Å². The molecule has 0 unspecified atom stereocenters. The van der Waals surface area contributed by atoms with Crippen molar-refractivity contribution in [3.63, 3.8) is 0 Å².